The highest BCUT2D eigenvalue weighted by Gasteiger charge is 2.57. The number of ether oxygens (including phenoxy) is 4. The Bertz CT molecular complexity index is 746. The number of rotatable bonds is 9. The zero-order valence-corrected chi connectivity index (χ0v) is 18.0. The number of methoxy groups -OCH3 is 2. The molecular weight excluding hydrogens is 416 g/mol. The summed E-state index contributed by atoms with van der Waals surface area (Å²) in [6, 6.07) is 6.41. The van der Waals surface area contributed by atoms with Gasteiger partial charge in [0.2, 0.25) is 0 Å². The summed E-state index contributed by atoms with van der Waals surface area (Å²) in [4.78, 5) is 38.6. The first-order valence-corrected chi connectivity index (χ1v) is 9.92. The summed E-state index contributed by atoms with van der Waals surface area (Å²) in [7, 11) is 2.92. The molecule has 0 amide bonds. The molecule has 2 rings (SSSR count). The number of carbonyl (C=O) groups is 3. The minimum Gasteiger partial charge on any atom is -0.463 e. The van der Waals surface area contributed by atoms with E-state index >= 15 is 0 Å². The largest absolute Gasteiger partial charge is 0.463 e. The number of esters is 2. The topological polar surface area (TPSA) is 108 Å². The molecule has 1 aliphatic rings. The van der Waals surface area contributed by atoms with Crippen molar-refractivity contribution in [3.05, 3.63) is 34.9 Å². The third kappa shape index (κ3) is 5.78. The van der Waals surface area contributed by atoms with Gasteiger partial charge in [0.15, 0.2) is 5.78 Å². The highest BCUT2D eigenvalue weighted by atomic mass is 35.5. The number of hydrogen-bond donors (Lipinski definition) is 1. The van der Waals surface area contributed by atoms with Crippen LogP contribution in [0.1, 0.15) is 24.8 Å². The molecule has 0 heterocycles. The standard InChI is InChI=1S/C21H27ClO8/c1-21(26)12-15(23)17(19(24)29-10-8-27-2)16(13-4-6-14(22)7-5-13)18(21)20(25)30-11-9-28-3/h4-7,16-18,26H,8-12H2,1-3H3/t16-,17-,18+,21-/m0/s1. The molecule has 1 aromatic rings. The summed E-state index contributed by atoms with van der Waals surface area (Å²) in [5.74, 6) is -5.44. The van der Waals surface area contributed by atoms with Crippen LogP contribution in [0, 0.1) is 11.8 Å². The molecule has 1 aromatic carbocycles. The smallest absolute Gasteiger partial charge is 0.317 e. The summed E-state index contributed by atoms with van der Waals surface area (Å²) in [5, 5.41) is 11.4. The van der Waals surface area contributed by atoms with Gasteiger partial charge in [-0.2, -0.15) is 0 Å². The molecule has 0 spiro atoms. The van der Waals surface area contributed by atoms with Gasteiger partial charge in [-0.25, -0.2) is 0 Å². The summed E-state index contributed by atoms with van der Waals surface area (Å²) < 4.78 is 20.2. The van der Waals surface area contributed by atoms with Crippen LogP contribution in [-0.2, 0) is 33.3 Å². The van der Waals surface area contributed by atoms with Crippen LogP contribution in [0.5, 0.6) is 0 Å². The monoisotopic (exact) mass is 442 g/mol. The molecule has 9 heteroatoms. The van der Waals surface area contributed by atoms with E-state index in [0.29, 0.717) is 10.6 Å². The lowest BCUT2D eigenvalue weighted by Gasteiger charge is -2.43. The van der Waals surface area contributed by atoms with Crippen LogP contribution in [0.2, 0.25) is 5.02 Å². The fourth-order valence-electron chi connectivity index (χ4n) is 3.73. The lowest BCUT2D eigenvalue weighted by Crippen LogP contribution is -2.55. The molecular formula is C21H27ClO8. The van der Waals surface area contributed by atoms with E-state index in [1.807, 2.05) is 0 Å². The predicted octanol–water partition coefficient (Wildman–Crippen LogP) is 1.76. The molecule has 8 nitrogen and oxygen atoms in total. The van der Waals surface area contributed by atoms with Crippen molar-refractivity contribution in [1.29, 1.82) is 0 Å². The second kappa shape index (κ2) is 10.9. The van der Waals surface area contributed by atoms with E-state index in [-0.39, 0.29) is 32.8 Å². The lowest BCUT2D eigenvalue weighted by molar-refractivity contribution is -0.174. The molecule has 0 aliphatic heterocycles. The van der Waals surface area contributed by atoms with E-state index in [0.717, 1.165) is 0 Å². The first kappa shape index (κ1) is 24.3. The lowest BCUT2D eigenvalue weighted by atomic mass is 9.62. The predicted molar refractivity (Wildman–Crippen MR) is 107 cm³/mol. The molecule has 0 unspecified atom stereocenters. The molecule has 0 aromatic heterocycles. The SMILES string of the molecule is COCCOC(=O)[C@H]1C(=O)C[C@](C)(O)[C@@H](C(=O)OCCOC)[C@H]1c1ccc(Cl)cc1. The number of carbonyl (C=O) groups excluding carboxylic acids is 3. The third-order valence-electron chi connectivity index (χ3n) is 5.09. The van der Waals surface area contributed by atoms with Crippen molar-refractivity contribution < 1.29 is 38.4 Å². The Kier molecular flexibility index (Phi) is 8.78. The Morgan fingerprint density at radius 2 is 1.57 bits per heavy atom. The van der Waals surface area contributed by atoms with Crippen molar-refractivity contribution in [2.24, 2.45) is 11.8 Å². The average molecular weight is 443 g/mol. The van der Waals surface area contributed by atoms with Gasteiger partial charge in [0.1, 0.15) is 19.1 Å². The van der Waals surface area contributed by atoms with E-state index in [1.54, 1.807) is 24.3 Å². The van der Waals surface area contributed by atoms with Gasteiger partial charge in [0.05, 0.1) is 24.7 Å². The number of Topliss-reactive ketones (excluding diaryl/α,β-unsaturated/α-hetero) is 1. The van der Waals surface area contributed by atoms with Crippen LogP contribution >= 0.6 is 11.6 Å². The Morgan fingerprint density at radius 1 is 1.03 bits per heavy atom. The van der Waals surface area contributed by atoms with Crippen LogP contribution in [0.4, 0.5) is 0 Å². The summed E-state index contributed by atoms with van der Waals surface area (Å²) in [5.41, 5.74) is -1.22. The molecule has 1 fully saturated rings. The Labute approximate surface area is 180 Å². The maximum atomic E-state index is 12.9. The number of hydrogen-bond acceptors (Lipinski definition) is 8. The highest BCUT2D eigenvalue weighted by molar-refractivity contribution is 6.30. The van der Waals surface area contributed by atoms with Crippen LogP contribution < -0.4 is 0 Å². The first-order valence-electron chi connectivity index (χ1n) is 9.54. The minimum atomic E-state index is -1.71. The van der Waals surface area contributed by atoms with Crippen LogP contribution in [0.15, 0.2) is 24.3 Å². The molecule has 1 N–H and O–H groups in total. The summed E-state index contributed by atoms with van der Waals surface area (Å²) >= 11 is 5.97. The van der Waals surface area contributed by atoms with Crippen molar-refractivity contribution in [2.75, 3.05) is 40.6 Å². The van der Waals surface area contributed by atoms with Gasteiger partial charge in [0.25, 0.3) is 0 Å². The fraction of sp³-hybridized carbons (Fsp3) is 0.571. The zero-order chi connectivity index (χ0) is 22.3. The number of halogens is 1. The van der Waals surface area contributed by atoms with Crippen LogP contribution in [0.3, 0.4) is 0 Å². The minimum absolute atomic E-state index is 0.0217. The Balaban J connectivity index is 2.46. The second-order valence-corrected chi connectivity index (χ2v) is 7.79. The van der Waals surface area contributed by atoms with E-state index < -0.39 is 41.1 Å². The van der Waals surface area contributed by atoms with E-state index in [4.69, 9.17) is 30.5 Å². The molecule has 30 heavy (non-hydrogen) atoms. The normalized spacial score (nSPS) is 26.3. The number of benzene rings is 1. The molecule has 1 aliphatic carbocycles. The number of aliphatic hydroxyl groups is 1. The van der Waals surface area contributed by atoms with E-state index in [2.05, 4.69) is 0 Å². The summed E-state index contributed by atoms with van der Waals surface area (Å²) in [6.45, 7) is 1.67. The van der Waals surface area contributed by atoms with Crippen molar-refractivity contribution in [1.82, 2.24) is 0 Å². The molecule has 0 bridgehead atoms. The van der Waals surface area contributed by atoms with Gasteiger partial charge in [-0.3, -0.25) is 14.4 Å². The van der Waals surface area contributed by atoms with Gasteiger partial charge in [-0.05, 0) is 24.6 Å². The Morgan fingerprint density at radius 3 is 2.10 bits per heavy atom. The van der Waals surface area contributed by atoms with Crippen LogP contribution in [-0.4, -0.2) is 69.1 Å². The van der Waals surface area contributed by atoms with Crippen molar-refractivity contribution in [3.63, 3.8) is 0 Å². The van der Waals surface area contributed by atoms with E-state index in [9.17, 15) is 19.5 Å². The first-order chi connectivity index (χ1) is 14.2. The zero-order valence-electron chi connectivity index (χ0n) is 17.3. The highest BCUT2D eigenvalue weighted by Crippen LogP contribution is 2.46. The average Bonchev–Trinajstić information content (AvgIpc) is 2.67. The van der Waals surface area contributed by atoms with Gasteiger partial charge < -0.3 is 24.1 Å². The van der Waals surface area contributed by atoms with Crippen molar-refractivity contribution in [3.8, 4) is 0 Å². The fourth-order valence-corrected chi connectivity index (χ4v) is 3.86. The molecule has 166 valence electrons. The molecule has 0 saturated heterocycles. The molecule has 4 atom stereocenters. The Hall–Kier alpha value is -2.00. The maximum Gasteiger partial charge on any atom is 0.317 e. The molecule has 1 saturated carbocycles. The van der Waals surface area contributed by atoms with Gasteiger partial charge >= 0.3 is 11.9 Å². The van der Waals surface area contributed by atoms with Crippen LogP contribution in [0.25, 0.3) is 0 Å². The van der Waals surface area contributed by atoms with Gasteiger partial charge in [0, 0.05) is 31.6 Å². The van der Waals surface area contributed by atoms with Crippen molar-refractivity contribution >= 4 is 29.3 Å². The van der Waals surface area contributed by atoms with Crippen molar-refractivity contribution in [2.45, 2.75) is 24.9 Å². The van der Waals surface area contributed by atoms with Gasteiger partial charge in [-0.15, -0.1) is 0 Å². The maximum absolute atomic E-state index is 12.9. The summed E-state index contributed by atoms with van der Waals surface area (Å²) in [6.07, 6.45) is -0.384. The third-order valence-corrected chi connectivity index (χ3v) is 5.35. The quantitative estimate of drug-likeness (QED) is 0.350. The molecule has 0 radical (unpaired) electrons. The number of ketones is 1. The second-order valence-electron chi connectivity index (χ2n) is 7.35. The van der Waals surface area contributed by atoms with Gasteiger partial charge in [-0.1, -0.05) is 23.7 Å². The van der Waals surface area contributed by atoms with E-state index in [1.165, 1.54) is 21.1 Å².